The minimum Gasteiger partial charge on any atom is -0.479 e. The van der Waals surface area contributed by atoms with Gasteiger partial charge >= 0.3 is 0 Å². The Morgan fingerprint density at radius 2 is 2.00 bits per heavy atom. The van der Waals surface area contributed by atoms with Gasteiger partial charge in [-0.15, -0.1) is 11.3 Å². The van der Waals surface area contributed by atoms with Crippen LogP contribution in [0.1, 0.15) is 10.4 Å². The first-order chi connectivity index (χ1) is 9.31. The molecule has 0 unspecified atom stereocenters. The van der Waals surface area contributed by atoms with E-state index in [1.807, 2.05) is 41.8 Å². The number of hydrogen-bond acceptors (Lipinski definition) is 5. The molecule has 0 bridgehead atoms. The van der Waals surface area contributed by atoms with Crippen molar-refractivity contribution in [3.8, 4) is 17.9 Å². The van der Waals surface area contributed by atoms with Gasteiger partial charge in [0.1, 0.15) is 17.9 Å². The number of nitrogens with zero attached hydrogens (tertiary/aromatic N) is 2. The van der Waals surface area contributed by atoms with Crippen LogP contribution >= 0.6 is 11.3 Å². The first-order valence-corrected chi connectivity index (χ1v) is 6.51. The molecule has 0 saturated carbocycles. The van der Waals surface area contributed by atoms with Crippen LogP contribution in [0.4, 0.5) is 5.69 Å². The molecule has 0 saturated heterocycles. The average Bonchev–Trinajstić information content (AvgIpc) is 2.92. The van der Waals surface area contributed by atoms with Crippen molar-refractivity contribution in [2.24, 2.45) is 0 Å². The van der Waals surface area contributed by atoms with E-state index in [-0.39, 0.29) is 6.61 Å². The number of anilines is 1. The fourth-order valence-corrected chi connectivity index (χ4v) is 2.26. The molecule has 0 atom stereocenters. The van der Waals surface area contributed by atoms with Crippen molar-refractivity contribution in [2.45, 2.75) is 6.54 Å². The van der Waals surface area contributed by atoms with E-state index >= 15 is 0 Å². The van der Waals surface area contributed by atoms with Gasteiger partial charge in [0.25, 0.3) is 0 Å². The highest BCUT2D eigenvalue weighted by Crippen LogP contribution is 2.18. The minimum absolute atomic E-state index is 0.0545. The molecule has 19 heavy (non-hydrogen) atoms. The van der Waals surface area contributed by atoms with Crippen LogP contribution in [-0.2, 0) is 6.54 Å². The Hall–Kier alpha value is -2.50. The first kappa shape index (κ1) is 12.9. The monoisotopic (exact) mass is 269 g/mol. The summed E-state index contributed by atoms with van der Waals surface area (Å²) in [6, 6.07) is 13.3. The van der Waals surface area contributed by atoms with Crippen molar-refractivity contribution in [1.29, 1.82) is 10.5 Å². The molecular weight excluding hydrogens is 258 g/mol. The van der Waals surface area contributed by atoms with Crippen molar-refractivity contribution in [1.82, 2.24) is 0 Å². The van der Waals surface area contributed by atoms with E-state index in [9.17, 15) is 0 Å². The summed E-state index contributed by atoms with van der Waals surface area (Å²) in [7, 11) is 0. The van der Waals surface area contributed by atoms with Gasteiger partial charge in [-0.25, -0.2) is 0 Å². The molecule has 2 rings (SSSR count). The quantitative estimate of drug-likeness (QED) is 0.905. The molecule has 2 aromatic rings. The molecule has 5 heteroatoms. The fourth-order valence-electron chi connectivity index (χ4n) is 1.51. The SMILES string of the molecule is N#CCOc1ccc(NCc2cc(C#N)cs2)cc1. The van der Waals surface area contributed by atoms with Crippen molar-refractivity contribution >= 4 is 17.0 Å². The lowest BCUT2D eigenvalue weighted by atomic mass is 10.3. The van der Waals surface area contributed by atoms with E-state index in [1.54, 1.807) is 11.3 Å². The van der Waals surface area contributed by atoms with E-state index in [0.717, 1.165) is 10.6 Å². The zero-order valence-corrected chi connectivity index (χ0v) is 10.9. The fraction of sp³-hybridized carbons (Fsp3) is 0.143. The minimum atomic E-state index is 0.0545. The Kier molecular flexibility index (Phi) is 4.39. The summed E-state index contributed by atoms with van der Waals surface area (Å²) in [6.07, 6.45) is 0. The van der Waals surface area contributed by atoms with Crippen LogP contribution in [0.2, 0.25) is 0 Å². The summed E-state index contributed by atoms with van der Waals surface area (Å²) < 4.78 is 5.17. The Bertz CT molecular complexity index is 619. The number of hydrogen-bond donors (Lipinski definition) is 1. The number of rotatable bonds is 5. The summed E-state index contributed by atoms with van der Waals surface area (Å²) in [4.78, 5) is 1.11. The molecule has 0 fully saturated rings. The molecule has 0 aliphatic heterocycles. The Labute approximate surface area is 115 Å². The number of nitrogens with one attached hydrogen (secondary N) is 1. The van der Waals surface area contributed by atoms with Crippen LogP contribution in [0.25, 0.3) is 0 Å². The van der Waals surface area contributed by atoms with Crippen LogP contribution in [0, 0.1) is 22.7 Å². The molecule has 0 amide bonds. The normalized spacial score (nSPS) is 9.37. The molecular formula is C14H11N3OS. The van der Waals surface area contributed by atoms with Gasteiger partial charge in [-0.3, -0.25) is 0 Å². The van der Waals surface area contributed by atoms with Gasteiger partial charge in [0.05, 0.1) is 5.56 Å². The van der Waals surface area contributed by atoms with Gasteiger partial charge in [0.15, 0.2) is 6.61 Å². The molecule has 0 spiro atoms. The van der Waals surface area contributed by atoms with E-state index in [0.29, 0.717) is 17.9 Å². The number of nitriles is 2. The highest BCUT2D eigenvalue weighted by molar-refractivity contribution is 7.10. The van der Waals surface area contributed by atoms with Gasteiger partial charge in [-0.2, -0.15) is 10.5 Å². The zero-order chi connectivity index (χ0) is 13.5. The maximum Gasteiger partial charge on any atom is 0.174 e. The van der Waals surface area contributed by atoms with Gasteiger partial charge < -0.3 is 10.1 Å². The van der Waals surface area contributed by atoms with Crippen molar-refractivity contribution in [3.63, 3.8) is 0 Å². The molecule has 0 aliphatic rings. The second-order valence-corrected chi connectivity index (χ2v) is 4.73. The summed E-state index contributed by atoms with van der Waals surface area (Å²) >= 11 is 1.56. The predicted molar refractivity (Wildman–Crippen MR) is 73.9 cm³/mol. The Morgan fingerprint density at radius 1 is 1.21 bits per heavy atom. The topological polar surface area (TPSA) is 68.8 Å². The lowest BCUT2D eigenvalue weighted by Crippen LogP contribution is -1.98. The molecule has 1 N–H and O–H groups in total. The van der Waals surface area contributed by atoms with E-state index in [2.05, 4.69) is 11.4 Å². The Morgan fingerprint density at radius 3 is 2.63 bits per heavy atom. The highest BCUT2D eigenvalue weighted by atomic mass is 32.1. The largest absolute Gasteiger partial charge is 0.479 e. The third-order valence-electron chi connectivity index (χ3n) is 2.41. The lowest BCUT2D eigenvalue weighted by molar-refractivity contribution is 0.368. The zero-order valence-electron chi connectivity index (χ0n) is 10.1. The molecule has 0 radical (unpaired) electrons. The number of thiophene rings is 1. The smallest absolute Gasteiger partial charge is 0.174 e. The maximum atomic E-state index is 8.74. The van der Waals surface area contributed by atoms with Crippen LogP contribution in [0.5, 0.6) is 5.75 Å². The molecule has 94 valence electrons. The van der Waals surface area contributed by atoms with Gasteiger partial charge in [-0.1, -0.05) is 0 Å². The van der Waals surface area contributed by atoms with Crippen LogP contribution in [-0.4, -0.2) is 6.61 Å². The summed E-state index contributed by atoms with van der Waals surface area (Å²) in [5.41, 5.74) is 1.67. The summed E-state index contributed by atoms with van der Waals surface area (Å²) in [6.45, 7) is 0.740. The van der Waals surface area contributed by atoms with Crippen molar-refractivity contribution < 1.29 is 4.74 Å². The third-order valence-corrected chi connectivity index (χ3v) is 3.34. The molecule has 1 heterocycles. The highest BCUT2D eigenvalue weighted by Gasteiger charge is 1.99. The van der Waals surface area contributed by atoms with Crippen LogP contribution in [0.3, 0.4) is 0 Å². The van der Waals surface area contributed by atoms with Gasteiger partial charge in [-0.05, 0) is 30.3 Å². The summed E-state index contributed by atoms with van der Waals surface area (Å²) in [5, 5.41) is 22.2. The van der Waals surface area contributed by atoms with Crippen LogP contribution in [0.15, 0.2) is 35.7 Å². The van der Waals surface area contributed by atoms with E-state index in [4.69, 9.17) is 15.3 Å². The molecule has 1 aromatic heterocycles. The van der Waals surface area contributed by atoms with Gasteiger partial charge in [0, 0.05) is 22.5 Å². The van der Waals surface area contributed by atoms with Crippen molar-refractivity contribution in [3.05, 3.63) is 46.2 Å². The Balaban J connectivity index is 1.89. The third kappa shape index (κ3) is 3.74. The molecule has 0 aliphatic carbocycles. The average molecular weight is 269 g/mol. The van der Waals surface area contributed by atoms with Crippen LogP contribution < -0.4 is 10.1 Å². The maximum absolute atomic E-state index is 8.74. The van der Waals surface area contributed by atoms with Crippen molar-refractivity contribution in [2.75, 3.05) is 11.9 Å². The summed E-state index contributed by atoms with van der Waals surface area (Å²) in [5.74, 6) is 0.676. The number of ether oxygens (including phenoxy) is 1. The predicted octanol–water partition coefficient (Wildman–Crippen LogP) is 3.13. The molecule has 1 aromatic carbocycles. The lowest BCUT2D eigenvalue weighted by Gasteiger charge is -2.06. The second-order valence-electron chi connectivity index (χ2n) is 3.74. The standard InChI is InChI=1S/C14H11N3OS/c15-5-6-18-13-3-1-12(2-4-13)17-9-14-7-11(8-16)10-19-14/h1-4,7,10,17H,6,9H2. The number of benzene rings is 1. The second kappa shape index (κ2) is 6.44. The van der Waals surface area contributed by atoms with E-state index in [1.165, 1.54) is 0 Å². The first-order valence-electron chi connectivity index (χ1n) is 5.63. The molecule has 4 nitrogen and oxygen atoms in total. The van der Waals surface area contributed by atoms with E-state index < -0.39 is 0 Å². The van der Waals surface area contributed by atoms with Gasteiger partial charge in [0.2, 0.25) is 0 Å².